The van der Waals surface area contributed by atoms with Crippen LogP contribution in [0.5, 0.6) is 11.5 Å². The molecule has 6 rings (SSSR count). The van der Waals surface area contributed by atoms with Gasteiger partial charge >= 0.3 is 0 Å². The maximum atomic E-state index is 13.7. The molecule has 2 amide bonds. The monoisotopic (exact) mass is 670 g/mol. The molecule has 47 heavy (non-hydrogen) atoms. The molecule has 3 aromatic carbocycles. The Bertz CT molecular complexity index is 1830. The largest absolute Gasteiger partial charge is 0.494 e. The first-order valence-corrected chi connectivity index (χ1v) is 16.8. The molecular formula is C34H31FN6O4S2. The third-order valence-corrected chi connectivity index (χ3v) is 9.05. The van der Waals surface area contributed by atoms with Gasteiger partial charge in [0.15, 0.2) is 17.6 Å². The van der Waals surface area contributed by atoms with Crippen molar-refractivity contribution in [1.29, 1.82) is 0 Å². The van der Waals surface area contributed by atoms with Gasteiger partial charge in [0.05, 0.1) is 35.5 Å². The highest BCUT2D eigenvalue weighted by molar-refractivity contribution is 7.99. The average Bonchev–Trinajstić information content (AvgIpc) is 3.87. The molecule has 0 spiro atoms. The fourth-order valence-electron chi connectivity index (χ4n) is 4.99. The first kappa shape index (κ1) is 32.0. The number of hydrogen-bond acceptors (Lipinski definition) is 9. The van der Waals surface area contributed by atoms with Crippen LogP contribution in [0.3, 0.4) is 0 Å². The van der Waals surface area contributed by atoms with Gasteiger partial charge in [-0.1, -0.05) is 48.2 Å². The highest BCUT2D eigenvalue weighted by Gasteiger charge is 2.33. The van der Waals surface area contributed by atoms with Crippen molar-refractivity contribution in [1.82, 2.24) is 25.1 Å². The molecule has 240 valence electrons. The number of benzene rings is 3. The number of ether oxygens (including phenoxy) is 2. The summed E-state index contributed by atoms with van der Waals surface area (Å²) in [4.78, 5) is 27.3. The Hall–Kier alpha value is -5.01. The summed E-state index contributed by atoms with van der Waals surface area (Å²) in [6, 6.07) is 26.2. The zero-order valence-corrected chi connectivity index (χ0v) is 27.0. The van der Waals surface area contributed by atoms with Crippen LogP contribution in [0, 0.1) is 5.82 Å². The fourth-order valence-corrected chi connectivity index (χ4v) is 6.53. The first-order valence-electron chi connectivity index (χ1n) is 14.9. The summed E-state index contributed by atoms with van der Waals surface area (Å²) in [6.45, 7) is 2.37. The molecule has 0 radical (unpaired) electrons. The summed E-state index contributed by atoms with van der Waals surface area (Å²) in [5.41, 5.74) is 2.34. The first-order chi connectivity index (χ1) is 23.0. The van der Waals surface area contributed by atoms with Crippen LogP contribution >= 0.6 is 23.1 Å². The highest BCUT2D eigenvalue weighted by Crippen LogP contribution is 2.35. The summed E-state index contributed by atoms with van der Waals surface area (Å²) in [5.74, 6) is 0.900. The van der Waals surface area contributed by atoms with Gasteiger partial charge in [-0.25, -0.2) is 9.40 Å². The van der Waals surface area contributed by atoms with Gasteiger partial charge in [0, 0.05) is 12.1 Å². The molecule has 0 aliphatic carbocycles. The maximum absolute atomic E-state index is 13.7. The van der Waals surface area contributed by atoms with Crippen molar-refractivity contribution in [3.05, 3.63) is 118 Å². The van der Waals surface area contributed by atoms with Crippen molar-refractivity contribution in [2.24, 2.45) is 5.10 Å². The Kier molecular flexibility index (Phi) is 10.2. The molecule has 0 bridgehead atoms. The van der Waals surface area contributed by atoms with Crippen LogP contribution in [0.1, 0.15) is 35.7 Å². The number of halogens is 1. The lowest BCUT2D eigenvalue weighted by molar-refractivity contribution is -0.130. The molecule has 1 unspecified atom stereocenters. The lowest BCUT2D eigenvalue weighted by Crippen LogP contribution is -2.29. The number of para-hydroxylation sites is 1. The van der Waals surface area contributed by atoms with E-state index in [2.05, 4.69) is 15.5 Å². The van der Waals surface area contributed by atoms with Gasteiger partial charge in [0.1, 0.15) is 17.3 Å². The molecule has 13 heteroatoms. The number of nitrogens with zero attached hydrogens (tertiary/aromatic N) is 5. The van der Waals surface area contributed by atoms with Gasteiger partial charge < -0.3 is 14.8 Å². The molecular weight excluding hydrogens is 640 g/mol. The number of aromatic nitrogens is 3. The standard InChI is InChI=1S/C34H31FN6O4S2/c1-2-44-27-16-14-25(15-17-27)40-31(20-36-32(42)21-45-26-7-4-3-5-8-26)37-38-34(40)47-22-33(43)41-29(23-10-12-24(35)13-11-23)19-28(39-41)30-9-6-18-46-30/h3-18,29H,2,19-22H2,1H3,(H,36,42). The Balaban J connectivity index is 1.20. The number of carbonyl (C=O) groups excluding carboxylic acids is 2. The third-order valence-electron chi connectivity index (χ3n) is 7.21. The van der Waals surface area contributed by atoms with Gasteiger partial charge in [0.25, 0.3) is 11.8 Å². The summed E-state index contributed by atoms with van der Waals surface area (Å²) >= 11 is 2.77. The van der Waals surface area contributed by atoms with E-state index in [9.17, 15) is 14.0 Å². The molecule has 2 aromatic heterocycles. The number of amides is 2. The van der Waals surface area contributed by atoms with Crippen molar-refractivity contribution >= 4 is 40.6 Å². The normalized spacial score (nSPS) is 14.1. The predicted octanol–water partition coefficient (Wildman–Crippen LogP) is 6.03. The minimum atomic E-state index is -0.367. The fraction of sp³-hybridized carbons (Fsp3) is 0.206. The lowest BCUT2D eigenvalue weighted by Gasteiger charge is -2.22. The van der Waals surface area contributed by atoms with Crippen molar-refractivity contribution < 1.29 is 23.5 Å². The van der Waals surface area contributed by atoms with Crippen LogP contribution in [0.15, 0.2) is 107 Å². The highest BCUT2D eigenvalue weighted by atomic mass is 32.2. The summed E-state index contributed by atoms with van der Waals surface area (Å²) in [6.07, 6.45) is 0.517. The van der Waals surface area contributed by atoms with Crippen LogP contribution in [-0.4, -0.2) is 56.3 Å². The smallest absolute Gasteiger partial charge is 0.258 e. The molecule has 1 aliphatic rings. The van der Waals surface area contributed by atoms with Gasteiger partial charge in [0.2, 0.25) is 0 Å². The van der Waals surface area contributed by atoms with Gasteiger partial charge in [-0.2, -0.15) is 5.10 Å². The second-order valence-electron chi connectivity index (χ2n) is 10.4. The predicted molar refractivity (Wildman–Crippen MR) is 178 cm³/mol. The molecule has 0 saturated carbocycles. The number of thioether (sulfide) groups is 1. The molecule has 1 atom stereocenters. The number of carbonyl (C=O) groups is 2. The molecule has 0 fully saturated rings. The van der Waals surface area contributed by atoms with Gasteiger partial charge in [-0.3, -0.25) is 14.2 Å². The SMILES string of the molecule is CCOc1ccc(-n2c(CNC(=O)COc3ccccc3)nnc2SCC(=O)N2N=C(c3cccs3)CC2c2ccc(F)cc2)cc1. The van der Waals surface area contributed by atoms with Crippen LogP contribution in [-0.2, 0) is 16.1 Å². The second kappa shape index (κ2) is 15.1. The Labute approximate surface area is 279 Å². The number of thiophene rings is 1. The Morgan fingerprint density at radius 2 is 1.72 bits per heavy atom. The van der Waals surface area contributed by atoms with E-state index in [4.69, 9.17) is 14.6 Å². The van der Waals surface area contributed by atoms with E-state index >= 15 is 0 Å². The zero-order chi connectivity index (χ0) is 32.6. The molecule has 0 saturated heterocycles. The number of rotatable bonds is 13. The number of hydrazone groups is 1. The number of hydrogen-bond donors (Lipinski definition) is 1. The van der Waals surface area contributed by atoms with E-state index in [0.717, 1.165) is 21.8 Å². The molecule has 10 nitrogen and oxygen atoms in total. The third kappa shape index (κ3) is 7.87. The van der Waals surface area contributed by atoms with E-state index in [1.54, 1.807) is 40.2 Å². The average molecular weight is 671 g/mol. The van der Waals surface area contributed by atoms with Crippen LogP contribution in [0.25, 0.3) is 5.69 Å². The Morgan fingerprint density at radius 3 is 2.45 bits per heavy atom. The second-order valence-corrected chi connectivity index (χ2v) is 12.3. The molecule has 1 N–H and O–H groups in total. The van der Waals surface area contributed by atoms with Crippen LogP contribution in [0.2, 0.25) is 0 Å². The van der Waals surface area contributed by atoms with E-state index in [1.807, 2.05) is 66.9 Å². The summed E-state index contributed by atoms with van der Waals surface area (Å²) < 4.78 is 26.7. The minimum Gasteiger partial charge on any atom is -0.494 e. The van der Waals surface area contributed by atoms with Gasteiger partial charge in [-0.05, 0) is 72.5 Å². The molecule has 3 heterocycles. The van der Waals surface area contributed by atoms with Crippen molar-refractivity contribution in [2.45, 2.75) is 31.1 Å². The maximum Gasteiger partial charge on any atom is 0.258 e. The lowest BCUT2D eigenvalue weighted by atomic mass is 10.0. The Morgan fingerprint density at radius 1 is 0.957 bits per heavy atom. The minimum absolute atomic E-state index is 0.0192. The van der Waals surface area contributed by atoms with E-state index < -0.39 is 0 Å². The van der Waals surface area contributed by atoms with E-state index in [0.29, 0.717) is 35.5 Å². The van der Waals surface area contributed by atoms with Crippen molar-refractivity contribution in [3.63, 3.8) is 0 Å². The van der Waals surface area contributed by atoms with E-state index in [1.165, 1.54) is 28.9 Å². The van der Waals surface area contributed by atoms with Crippen molar-refractivity contribution in [3.8, 4) is 17.2 Å². The van der Waals surface area contributed by atoms with Crippen LogP contribution in [0.4, 0.5) is 4.39 Å². The quantitative estimate of drug-likeness (QED) is 0.152. The van der Waals surface area contributed by atoms with Crippen LogP contribution < -0.4 is 14.8 Å². The summed E-state index contributed by atoms with van der Waals surface area (Å²) in [7, 11) is 0. The van der Waals surface area contributed by atoms with Gasteiger partial charge in [-0.15, -0.1) is 21.5 Å². The zero-order valence-electron chi connectivity index (χ0n) is 25.4. The summed E-state index contributed by atoms with van der Waals surface area (Å²) in [5, 5.41) is 20.2. The van der Waals surface area contributed by atoms with Crippen molar-refractivity contribution in [2.75, 3.05) is 19.0 Å². The molecule has 1 aliphatic heterocycles. The number of nitrogens with one attached hydrogen (secondary N) is 1. The topological polar surface area (TPSA) is 111 Å². The van der Waals surface area contributed by atoms with E-state index in [-0.39, 0.29) is 42.6 Å². The molecule has 5 aromatic rings.